The molecule has 0 radical (unpaired) electrons. The van der Waals surface area contributed by atoms with E-state index in [1.807, 2.05) is 51.1 Å². The largest absolute Gasteiger partial charge is 0.497 e. The van der Waals surface area contributed by atoms with Crippen LogP contribution in [0.4, 0.5) is 26.9 Å². The number of methoxy groups -OCH3 is 1. The number of pyridine rings is 1. The van der Waals surface area contributed by atoms with E-state index >= 15 is 0 Å². The number of carbonyl (C=O) groups is 2. The Hall–Kier alpha value is -4.48. The molecule has 220 valence electrons. The van der Waals surface area contributed by atoms with Gasteiger partial charge in [-0.15, -0.1) is 0 Å². The molecule has 0 aliphatic carbocycles. The van der Waals surface area contributed by atoms with Gasteiger partial charge in [-0.25, -0.2) is 19.3 Å². The monoisotopic (exact) mass is 611 g/mol. The van der Waals surface area contributed by atoms with E-state index in [1.165, 1.54) is 11.1 Å². The summed E-state index contributed by atoms with van der Waals surface area (Å²) in [5.74, 6) is 2.08. The number of urea groups is 2. The van der Waals surface area contributed by atoms with Gasteiger partial charge >= 0.3 is 12.1 Å². The predicted octanol–water partition coefficient (Wildman–Crippen LogP) is 7.41. The number of halogens is 2. The van der Waals surface area contributed by atoms with Crippen molar-refractivity contribution in [2.24, 2.45) is 0 Å². The predicted molar refractivity (Wildman–Crippen MR) is 165 cm³/mol. The highest BCUT2D eigenvalue weighted by Crippen LogP contribution is 2.40. The topological polar surface area (TPSA) is 123 Å². The van der Waals surface area contributed by atoms with Crippen molar-refractivity contribution in [2.45, 2.75) is 26.2 Å². The average molecular weight is 613 g/mol. The first-order valence-corrected chi connectivity index (χ1v) is 13.5. The molecule has 11 nitrogen and oxygen atoms in total. The molecule has 4 aromatic rings. The number of nitrogens with one attached hydrogen (secondary N) is 3. The molecule has 0 aliphatic rings. The van der Waals surface area contributed by atoms with Crippen LogP contribution in [-0.4, -0.2) is 52.9 Å². The van der Waals surface area contributed by atoms with Crippen molar-refractivity contribution in [3.63, 3.8) is 0 Å². The van der Waals surface area contributed by atoms with Crippen molar-refractivity contribution in [1.29, 1.82) is 0 Å². The summed E-state index contributed by atoms with van der Waals surface area (Å²) in [6.07, 6.45) is 1.48. The van der Waals surface area contributed by atoms with Crippen LogP contribution in [0.3, 0.4) is 0 Å². The normalized spacial score (nSPS) is 11.0. The molecule has 4 amide bonds. The molecule has 42 heavy (non-hydrogen) atoms. The maximum absolute atomic E-state index is 13.1. The summed E-state index contributed by atoms with van der Waals surface area (Å²) in [6, 6.07) is 14.5. The van der Waals surface area contributed by atoms with Crippen molar-refractivity contribution in [3.05, 3.63) is 76.5 Å². The molecule has 3 N–H and O–H groups in total. The molecule has 0 fully saturated rings. The van der Waals surface area contributed by atoms with Crippen LogP contribution in [0, 0.1) is 0 Å². The quantitative estimate of drug-likeness (QED) is 0.200. The minimum absolute atomic E-state index is 0.0820. The van der Waals surface area contributed by atoms with Crippen molar-refractivity contribution < 1.29 is 19.1 Å². The van der Waals surface area contributed by atoms with Gasteiger partial charge in [0.2, 0.25) is 0 Å². The zero-order chi connectivity index (χ0) is 30.6. The standard InChI is InChI=1S/C29H31Cl2N7O4/c1-29(2,3)22-16-24(38(36-22)17-7-9-18(41-6)10-8-17)35-27(39)33-20-11-12-21(26(31)25(20)30)42-19-13-14-32-23(15-19)34-28(40)37(4)5/h7-16H,1-6H3,(H,32,34,40)(H2,33,35,39). The Balaban J connectivity index is 1.51. The van der Waals surface area contributed by atoms with Crippen LogP contribution in [0.2, 0.25) is 10.0 Å². The highest BCUT2D eigenvalue weighted by molar-refractivity contribution is 6.45. The van der Waals surface area contributed by atoms with Crippen LogP contribution >= 0.6 is 23.2 Å². The fraction of sp³-hybridized carbons (Fsp3) is 0.241. The Morgan fingerprint density at radius 3 is 2.26 bits per heavy atom. The van der Waals surface area contributed by atoms with Gasteiger partial charge in [-0.2, -0.15) is 5.10 Å². The van der Waals surface area contributed by atoms with E-state index in [0.717, 1.165) is 11.4 Å². The summed E-state index contributed by atoms with van der Waals surface area (Å²) in [5.41, 5.74) is 1.54. The highest BCUT2D eigenvalue weighted by Gasteiger charge is 2.22. The molecule has 2 aromatic heterocycles. The first-order valence-electron chi connectivity index (χ1n) is 12.8. The van der Waals surface area contributed by atoms with Gasteiger partial charge in [-0.05, 0) is 42.5 Å². The second kappa shape index (κ2) is 12.6. The first kappa shape index (κ1) is 30.5. The molecule has 13 heteroatoms. The van der Waals surface area contributed by atoms with Gasteiger partial charge in [0.25, 0.3) is 0 Å². The van der Waals surface area contributed by atoms with Gasteiger partial charge in [0.05, 0.1) is 29.2 Å². The zero-order valence-corrected chi connectivity index (χ0v) is 25.5. The van der Waals surface area contributed by atoms with Crippen LogP contribution in [-0.2, 0) is 5.41 Å². The van der Waals surface area contributed by atoms with Gasteiger partial charge in [0.1, 0.15) is 33.9 Å². The van der Waals surface area contributed by atoms with Crippen LogP contribution in [0.5, 0.6) is 17.2 Å². The summed E-state index contributed by atoms with van der Waals surface area (Å²) in [5, 5.41) is 13.1. The Morgan fingerprint density at radius 1 is 0.905 bits per heavy atom. The van der Waals surface area contributed by atoms with E-state index in [2.05, 4.69) is 20.9 Å². The lowest BCUT2D eigenvalue weighted by Gasteiger charge is -2.15. The lowest BCUT2D eigenvalue weighted by molar-refractivity contribution is 0.230. The van der Waals surface area contributed by atoms with Crippen LogP contribution in [0.1, 0.15) is 26.5 Å². The SMILES string of the molecule is COc1ccc(-n2nc(C(C)(C)C)cc2NC(=O)Nc2ccc(Oc3ccnc(NC(=O)N(C)C)c3)c(Cl)c2Cl)cc1. The van der Waals surface area contributed by atoms with Crippen molar-refractivity contribution in [2.75, 3.05) is 37.2 Å². The summed E-state index contributed by atoms with van der Waals surface area (Å²) in [6.45, 7) is 6.11. The fourth-order valence-electron chi connectivity index (χ4n) is 3.63. The summed E-state index contributed by atoms with van der Waals surface area (Å²) in [4.78, 5) is 30.5. The smallest absolute Gasteiger partial charge is 0.324 e. The zero-order valence-electron chi connectivity index (χ0n) is 24.0. The van der Waals surface area contributed by atoms with E-state index in [1.54, 1.807) is 50.2 Å². The number of nitrogens with zero attached hydrogens (tertiary/aromatic N) is 4. The molecule has 2 aromatic carbocycles. The number of carbonyl (C=O) groups excluding carboxylic acids is 2. The maximum Gasteiger partial charge on any atom is 0.324 e. The summed E-state index contributed by atoms with van der Waals surface area (Å²) in [7, 11) is 4.83. The van der Waals surface area contributed by atoms with Crippen molar-refractivity contribution in [3.8, 4) is 22.9 Å². The van der Waals surface area contributed by atoms with Gasteiger partial charge in [0.15, 0.2) is 0 Å². The molecule has 4 rings (SSSR count). The van der Waals surface area contributed by atoms with Crippen molar-refractivity contribution >= 4 is 52.6 Å². The third kappa shape index (κ3) is 7.23. The highest BCUT2D eigenvalue weighted by atomic mass is 35.5. The summed E-state index contributed by atoms with van der Waals surface area (Å²) < 4.78 is 12.8. The van der Waals surface area contributed by atoms with E-state index in [4.69, 9.17) is 37.8 Å². The van der Waals surface area contributed by atoms with E-state index in [-0.39, 0.29) is 32.9 Å². The van der Waals surface area contributed by atoms with E-state index < -0.39 is 6.03 Å². The molecule has 0 saturated heterocycles. The van der Waals surface area contributed by atoms with Crippen LogP contribution < -0.4 is 25.4 Å². The van der Waals surface area contributed by atoms with Gasteiger partial charge < -0.3 is 19.7 Å². The molecule has 0 atom stereocenters. The molecule has 2 heterocycles. The van der Waals surface area contributed by atoms with E-state index in [9.17, 15) is 9.59 Å². The van der Waals surface area contributed by atoms with Crippen molar-refractivity contribution in [1.82, 2.24) is 19.7 Å². The second-order valence-corrected chi connectivity index (χ2v) is 11.2. The number of hydrogen-bond donors (Lipinski definition) is 3. The summed E-state index contributed by atoms with van der Waals surface area (Å²) >= 11 is 13.0. The number of anilines is 3. The molecule has 0 aliphatic heterocycles. The lowest BCUT2D eigenvalue weighted by atomic mass is 9.92. The van der Waals surface area contributed by atoms with Gasteiger partial charge in [-0.1, -0.05) is 44.0 Å². The third-order valence-electron chi connectivity index (χ3n) is 5.93. The number of rotatable bonds is 7. The van der Waals surface area contributed by atoms with Crippen LogP contribution in [0.25, 0.3) is 5.69 Å². The Labute approximate surface area is 253 Å². The minimum Gasteiger partial charge on any atom is -0.497 e. The molecule has 0 saturated carbocycles. The number of aromatic nitrogens is 3. The molecular formula is C29H31Cl2N7O4. The molecule has 0 unspecified atom stereocenters. The Bertz CT molecular complexity index is 1600. The fourth-order valence-corrected chi connectivity index (χ4v) is 4.03. The minimum atomic E-state index is -0.549. The average Bonchev–Trinajstić information content (AvgIpc) is 3.37. The van der Waals surface area contributed by atoms with Gasteiger partial charge in [-0.3, -0.25) is 10.6 Å². The first-order chi connectivity index (χ1) is 19.8. The van der Waals surface area contributed by atoms with Gasteiger partial charge in [0, 0.05) is 37.8 Å². The number of hydrogen-bond acceptors (Lipinski definition) is 6. The molecular weight excluding hydrogens is 581 g/mol. The molecule has 0 bridgehead atoms. The lowest BCUT2D eigenvalue weighted by Crippen LogP contribution is -2.27. The third-order valence-corrected chi connectivity index (χ3v) is 6.80. The molecule has 0 spiro atoms. The Morgan fingerprint density at radius 2 is 1.62 bits per heavy atom. The Kier molecular flexibility index (Phi) is 9.13. The van der Waals surface area contributed by atoms with E-state index in [0.29, 0.717) is 23.1 Å². The second-order valence-electron chi connectivity index (χ2n) is 10.4. The number of amides is 4. The van der Waals surface area contributed by atoms with Crippen LogP contribution in [0.15, 0.2) is 60.8 Å². The number of ether oxygens (including phenoxy) is 2. The maximum atomic E-state index is 13.1. The number of benzene rings is 2.